The van der Waals surface area contributed by atoms with Gasteiger partial charge < -0.3 is 9.47 Å². The van der Waals surface area contributed by atoms with Crippen LogP contribution in [0.25, 0.3) is 16.7 Å². The zero-order valence-corrected chi connectivity index (χ0v) is 21.5. The van der Waals surface area contributed by atoms with Gasteiger partial charge >= 0.3 is 0 Å². The van der Waals surface area contributed by atoms with Crippen LogP contribution in [0.1, 0.15) is 50.2 Å². The van der Waals surface area contributed by atoms with E-state index in [0.29, 0.717) is 55.6 Å². The third kappa shape index (κ3) is 6.29. The van der Waals surface area contributed by atoms with Crippen LogP contribution >= 0.6 is 0 Å². The molecule has 0 radical (unpaired) electrons. The van der Waals surface area contributed by atoms with Crippen molar-refractivity contribution in [1.29, 1.82) is 0 Å². The maximum atomic E-state index is 14.9. The Balaban J connectivity index is 1.37. The van der Waals surface area contributed by atoms with E-state index in [9.17, 15) is 17.6 Å². The lowest BCUT2D eigenvalue weighted by Crippen LogP contribution is -2.09. The molecule has 0 amide bonds. The molecule has 0 saturated heterocycles. The summed E-state index contributed by atoms with van der Waals surface area (Å²) in [6, 6.07) is 13.2. The van der Waals surface area contributed by atoms with Gasteiger partial charge in [-0.2, -0.15) is 4.39 Å². The van der Waals surface area contributed by atoms with Crippen LogP contribution in [-0.4, -0.2) is 13.2 Å². The fourth-order valence-corrected chi connectivity index (χ4v) is 4.80. The molecule has 1 unspecified atom stereocenters. The van der Waals surface area contributed by atoms with E-state index in [0.717, 1.165) is 12.0 Å². The lowest BCUT2D eigenvalue weighted by molar-refractivity contribution is 0.301. The minimum Gasteiger partial charge on any atom is -0.494 e. The van der Waals surface area contributed by atoms with Gasteiger partial charge in [-0.3, -0.25) is 0 Å². The van der Waals surface area contributed by atoms with Crippen molar-refractivity contribution in [1.82, 2.24) is 0 Å². The molecule has 0 saturated carbocycles. The Morgan fingerprint density at radius 3 is 2.29 bits per heavy atom. The van der Waals surface area contributed by atoms with Crippen LogP contribution in [0, 0.1) is 29.2 Å². The second-order valence-corrected chi connectivity index (χ2v) is 9.43. The molecule has 1 aliphatic rings. The summed E-state index contributed by atoms with van der Waals surface area (Å²) in [5, 5.41) is 0. The topological polar surface area (TPSA) is 18.5 Å². The second kappa shape index (κ2) is 12.8. The van der Waals surface area contributed by atoms with Crippen molar-refractivity contribution in [3.05, 3.63) is 102 Å². The molecule has 0 spiro atoms. The molecule has 6 heteroatoms. The Morgan fingerprint density at radius 2 is 1.61 bits per heavy atom. The van der Waals surface area contributed by atoms with E-state index in [-0.39, 0.29) is 29.4 Å². The Morgan fingerprint density at radius 1 is 0.868 bits per heavy atom. The monoisotopic (exact) mass is 524 g/mol. The van der Waals surface area contributed by atoms with Crippen molar-refractivity contribution in [3.8, 4) is 22.6 Å². The minimum atomic E-state index is -0.985. The van der Waals surface area contributed by atoms with E-state index in [2.05, 4.69) is 6.58 Å². The van der Waals surface area contributed by atoms with Gasteiger partial charge in [-0.05, 0) is 92.3 Å². The number of hydrogen-bond acceptors (Lipinski definition) is 2. The van der Waals surface area contributed by atoms with Crippen molar-refractivity contribution in [2.45, 2.75) is 45.4 Å². The highest BCUT2D eigenvalue weighted by atomic mass is 19.2. The van der Waals surface area contributed by atoms with E-state index in [1.165, 1.54) is 6.07 Å². The smallest absolute Gasteiger partial charge is 0.201 e. The van der Waals surface area contributed by atoms with Crippen LogP contribution in [0.5, 0.6) is 11.5 Å². The normalized spacial score (nSPS) is 15.2. The highest BCUT2D eigenvalue weighted by molar-refractivity contribution is 5.68. The van der Waals surface area contributed by atoms with E-state index < -0.39 is 23.3 Å². The summed E-state index contributed by atoms with van der Waals surface area (Å²) in [5.74, 6) is -2.75. The van der Waals surface area contributed by atoms with Crippen molar-refractivity contribution in [2.24, 2.45) is 5.92 Å². The number of rotatable bonds is 11. The third-order valence-corrected chi connectivity index (χ3v) is 6.95. The minimum absolute atomic E-state index is 0.106. The van der Waals surface area contributed by atoms with E-state index >= 15 is 0 Å². The van der Waals surface area contributed by atoms with Crippen molar-refractivity contribution >= 4 is 5.57 Å². The van der Waals surface area contributed by atoms with Crippen LogP contribution in [0.15, 0.2) is 67.3 Å². The molecule has 3 aromatic carbocycles. The lowest BCUT2D eigenvalue weighted by Gasteiger charge is -2.23. The molecule has 1 atom stereocenters. The van der Waals surface area contributed by atoms with E-state index in [1.54, 1.807) is 48.5 Å². The zero-order valence-electron chi connectivity index (χ0n) is 21.5. The van der Waals surface area contributed by atoms with Gasteiger partial charge in [0.2, 0.25) is 5.82 Å². The Hall–Kier alpha value is -3.54. The quantitative estimate of drug-likeness (QED) is 0.141. The molecule has 0 aromatic heterocycles. The highest BCUT2D eigenvalue weighted by Crippen LogP contribution is 2.36. The van der Waals surface area contributed by atoms with Crippen LogP contribution in [-0.2, 0) is 6.42 Å². The molecule has 0 fully saturated rings. The lowest BCUT2D eigenvalue weighted by atomic mass is 9.83. The molecule has 38 heavy (non-hydrogen) atoms. The molecule has 200 valence electrons. The summed E-state index contributed by atoms with van der Waals surface area (Å²) in [5.41, 5.74) is 2.14. The number of allylic oxidation sites excluding steroid dienone is 2. The first-order valence-corrected chi connectivity index (χ1v) is 13.0. The van der Waals surface area contributed by atoms with Crippen molar-refractivity contribution < 1.29 is 27.0 Å². The second-order valence-electron chi connectivity index (χ2n) is 9.43. The first kappa shape index (κ1) is 27.5. The van der Waals surface area contributed by atoms with Crippen LogP contribution in [0.2, 0.25) is 0 Å². The van der Waals surface area contributed by atoms with Gasteiger partial charge in [0, 0.05) is 11.1 Å². The predicted molar refractivity (Wildman–Crippen MR) is 143 cm³/mol. The number of benzene rings is 3. The van der Waals surface area contributed by atoms with Crippen LogP contribution < -0.4 is 9.47 Å². The first-order chi connectivity index (χ1) is 18.4. The Labute approximate surface area is 221 Å². The molecular weight excluding hydrogens is 492 g/mol. The molecule has 2 nitrogen and oxygen atoms in total. The van der Waals surface area contributed by atoms with Crippen molar-refractivity contribution in [3.63, 3.8) is 0 Å². The molecule has 0 aliphatic heterocycles. The molecule has 1 aliphatic carbocycles. The number of aryl methyl sites for hydroxylation is 1. The summed E-state index contributed by atoms with van der Waals surface area (Å²) >= 11 is 0. The average Bonchev–Trinajstić information content (AvgIpc) is 2.93. The summed E-state index contributed by atoms with van der Waals surface area (Å²) < 4.78 is 69.7. The summed E-state index contributed by atoms with van der Waals surface area (Å²) in [6.45, 7) is 6.23. The van der Waals surface area contributed by atoms with Crippen molar-refractivity contribution in [2.75, 3.05) is 13.2 Å². The number of hydrogen-bond donors (Lipinski definition) is 0. The average molecular weight is 525 g/mol. The molecule has 0 N–H and O–H groups in total. The van der Waals surface area contributed by atoms with Crippen LogP contribution in [0.4, 0.5) is 17.6 Å². The maximum Gasteiger partial charge on any atom is 0.201 e. The van der Waals surface area contributed by atoms with Gasteiger partial charge in [0.1, 0.15) is 5.75 Å². The fraction of sp³-hybridized carbons (Fsp3) is 0.312. The molecular formula is C32H32F4O2. The SMILES string of the molecule is C=CCCOc1ccc(C2=CCC(CCc3ccc(-c4ccc(OCC)cc4)c(F)c3F)CC2)c(F)c1F. The Bertz CT molecular complexity index is 1300. The summed E-state index contributed by atoms with van der Waals surface area (Å²) in [4.78, 5) is 0. The van der Waals surface area contributed by atoms with Gasteiger partial charge in [0.25, 0.3) is 0 Å². The van der Waals surface area contributed by atoms with Gasteiger partial charge in [-0.25, -0.2) is 13.2 Å². The molecule has 0 bridgehead atoms. The predicted octanol–water partition coefficient (Wildman–Crippen LogP) is 9.08. The Kier molecular flexibility index (Phi) is 9.27. The fourth-order valence-electron chi connectivity index (χ4n) is 4.80. The van der Waals surface area contributed by atoms with Crippen LogP contribution in [0.3, 0.4) is 0 Å². The van der Waals surface area contributed by atoms with Gasteiger partial charge in [0.05, 0.1) is 13.2 Å². The first-order valence-electron chi connectivity index (χ1n) is 13.0. The van der Waals surface area contributed by atoms with E-state index in [4.69, 9.17) is 9.47 Å². The molecule has 4 rings (SSSR count). The maximum absolute atomic E-state index is 14.9. The summed E-state index contributed by atoms with van der Waals surface area (Å²) in [7, 11) is 0. The standard InChI is InChI=1S/C32H32F4O2/c1-3-5-20-38-28-19-18-27(31(35)32(28)36)22-9-6-21(7-10-22)8-11-24-14-17-26(30(34)29(24)33)23-12-15-25(16-13-23)37-4-2/h3,9,12-19,21H,1,4-8,10-11,20H2,2H3. The number of ether oxygens (including phenoxy) is 2. The third-order valence-electron chi connectivity index (χ3n) is 6.95. The largest absolute Gasteiger partial charge is 0.494 e. The van der Waals surface area contributed by atoms with Gasteiger partial charge in [-0.15, -0.1) is 6.58 Å². The van der Waals surface area contributed by atoms with Gasteiger partial charge in [0.15, 0.2) is 23.2 Å². The molecule has 0 heterocycles. The van der Waals surface area contributed by atoms with Gasteiger partial charge in [-0.1, -0.05) is 36.4 Å². The molecule has 3 aromatic rings. The number of halogens is 4. The highest BCUT2D eigenvalue weighted by Gasteiger charge is 2.22. The zero-order chi connectivity index (χ0) is 27.1. The summed E-state index contributed by atoms with van der Waals surface area (Å²) in [6.07, 6.45) is 7.21. The van der Waals surface area contributed by atoms with E-state index in [1.807, 2.05) is 13.0 Å².